The molecule has 21 heavy (non-hydrogen) atoms. The number of carbonyl (C=O) groups excluding carboxylic acids is 2. The van der Waals surface area contributed by atoms with Crippen LogP contribution < -0.4 is 10.6 Å². The Morgan fingerprint density at radius 3 is 2.14 bits per heavy atom. The van der Waals surface area contributed by atoms with Crippen LogP contribution in [0, 0.1) is 5.41 Å². The Bertz CT molecular complexity index is 388. The molecule has 0 aromatic carbocycles. The van der Waals surface area contributed by atoms with Crippen molar-refractivity contribution >= 4 is 17.9 Å². The van der Waals surface area contributed by atoms with Crippen molar-refractivity contribution in [1.29, 1.82) is 0 Å². The summed E-state index contributed by atoms with van der Waals surface area (Å²) in [7, 11) is 0. The molecule has 7 heteroatoms. The van der Waals surface area contributed by atoms with E-state index in [-0.39, 0.29) is 19.0 Å². The van der Waals surface area contributed by atoms with Crippen molar-refractivity contribution in [2.75, 3.05) is 26.2 Å². The molecule has 3 amide bonds. The van der Waals surface area contributed by atoms with Crippen LogP contribution >= 0.6 is 0 Å². The summed E-state index contributed by atoms with van der Waals surface area (Å²) in [5.74, 6) is -1.01. The summed E-state index contributed by atoms with van der Waals surface area (Å²) < 4.78 is 0. The van der Waals surface area contributed by atoms with Gasteiger partial charge in [0.05, 0.1) is 12.0 Å². The molecule has 1 saturated carbocycles. The van der Waals surface area contributed by atoms with Crippen LogP contribution in [0.4, 0.5) is 4.79 Å². The number of amides is 3. The fraction of sp³-hybridized carbons (Fsp3) is 0.786. The molecule has 0 aromatic rings. The van der Waals surface area contributed by atoms with E-state index in [2.05, 4.69) is 10.6 Å². The third kappa shape index (κ3) is 4.61. The van der Waals surface area contributed by atoms with Gasteiger partial charge in [0.15, 0.2) is 0 Å². The van der Waals surface area contributed by atoms with Gasteiger partial charge in [-0.3, -0.25) is 9.59 Å². The third-order valence-corrected chi connectivity index (χ3v) is 4.12. The van der Waals surface area contributed by atoms with Crippen LogP contribution in [0.25, 0.3) is 0 Å². The molecule has 0 heterocycles. The Kier molecular flexibility index (Phi) is 6.45. The first kappa shape index (κ1) is 17.3. The molecule has 0 bridgehead atoms. The van der Waals surface area contributed by atoms with Crippen LogP contribution in [0.2, 0.25) is 0 Å². The van der Waals surface area contributed by atoms with E-state index in [4.69, 9.17) is 0 Å². The minimum atomic E-state index is -0.862. The molecule has 1 rings (SSSR count). The summed E-state index contributed by atoms with van der Waals surface area (Å²) >= 11 is 0. The maximum Gasteiger partial charge on any atom is 0.315 e. The molecule has 1 fully saturated rings. The van der Waals surface area contributed by atoms with Gasteiger partial charge in [-0.15, -0.1) is 0 Å². The number of carbonyl (C=O) groups is 3. The average molecular weight is 299 g/mol. The largest absolute Gasteiger partial charge is 0.481 e. The topological polar surface area (TPSA) is 98.7 Å². The van der Waals surface area contributed by atoms with Crippen LogP contribution in [0.1, 0.15) is 39.5 Å². The molecule has 0 aromatic heterocycles. The van der Waals surface area contributed by atoms with Gasteiger partial charge in [-0.2, -0.15) is 0 Å². The van der Waals surface area contributed by atoms with Crippen molar-refractivity contribution in [2.45, 2.75) is 39.5 Å². The molecule has 0 spiro atoms. The molecule has 120 valence electrons. The van der Waals surface area contributed by atoms with Crippen molar-refractivity contribution in [3.63, 3.8) is 0 Å². The first-order chi connectivity index (χ1) is 9.95. The van der Waals surface area contributed by atoms with Crippen molar-refractivity contribution in [3.05, 3.63) is 0 Å². The summed E-state index contributed by atoms with van der Waals surface area (Å²) in [6, 6.07) is -0.497. The van der Waals surface area contributed by atoms with Crippen molar-refractivity contribution in [3.8, 4) is 0 Å². The lowest BCUT2D eigenvalue weighted by Gasteiger charge is -2.24. The molecule has 0 saturated heterocycles. The fourth-order valence-electron chi connectivity index (χ4n) is 2.67. The zero-order valence-corrected chi connectivity index (χ0v) is 12.8. The highest BCUT2D eigenvalue weighted by Crippen LogP contribution is 2.37. The van der Waals surface area contributed by atoms with E-state index in [0.717, 1.165) is 12.8 Å². The van der Waals surface area contributed by atoms with Gasteiger partial charge in [0, 0.05) is 19.6 Å². The van der Waals surface area contributed by atoms with Gasteiger partial charge < -0.3 is 20.6 Å². The monoisotopic (exact) mass is 299 g/mol. The molecular weight excluding hydrogens is 274 g/mol. The predicted octanol–water partition coefficient (Wildman–Crippen LogP) is 0.799. The van der Waals surface area contributed by atoms with E-state index in [1.807, 2.05) is 13.8 Å². The Balaban J connectivity index is 2.37. The zero-order chi connectivity index (χ0) is 15.9. The maximum absolute atomic E-state index is 11.7. The lowest BCUT2D eigenvalue weighted by molar-refractivity contribution is -0.148. The smallest absolute Gasteiger partial charge is 0.315 e. The summed E-state index contributed by atoms with van der Waals surface area (Å²) in [5, 5.41) is 14.4. The molecule has 0 unspecified atom stereocenters. The number of carboxylic acids is 1. The van der Waals surface area contributed by atoms with E-state index in [0.29, 0.717) is 25.9 Å². The molecule has 1 aliphatic carbocycles. The van der Waals surface area contributed by atoms with Crippen LogP contribution in [-0.4, -0.2) is 54.1 Å². The molecule has 0 atom stereocenters. The summed E-state index contributed by atoms with van der Waals surface area (Å²) in [5.41, 5.74) is -0.847. The van der Waals surface area contributed by atoms with Crippen molar-refractivity contribution in [1.82, 2.24) is 15.5 Å². The van der Waals surface area contributed by atoms with Crippen LogP contribution in [0.5, 0.6) is 0 Å². The predicted molar refractivity (Wildman–Crippen MR) is 77.9 cm³/mol. The Morgan fingerprint density at radius 2 is 1.67 bits per heavy atom. The van der Waals surface area contributed by atoms with E-state index in [1.54, 1.807) is 4.90 Å². The minimum Gasteiger partial charge on any atom is -0.481 e. The highest BCUT2D eigenvalue weighted by molar-refractivity contribution is 5.84. The van der Waals surface area contributed by atoms with E-state index in [9.17, 15) is 19.5 Å². The highest BCUT2D eigenvalue weighted by atomic mass is 16.4. The number of aliphatic carboxylic acids is 1. The number of nitrogens with zero attached hydrogens (tertiary/aromatic N) is 1. The summed E-state index contributed by atoms with van der Waals surface area (Å²) in [6.07, 6.45) is 2.91. The molecular formula is C14H25N3O4. The Morgan fingerprint density at radius 1 is 1.10 bits per heavy atom. The second-order valence-corrected chi connectivity index (χ2v) is 5.39. The average Bonchev–Trinajstić information content (AvgIpc) is 2.94. The number of urea groups is 1. The Hall–Kier alpha value is -1.79. The third-order valence-electron chi connectivity index (χ3n) is 4.12. The first-order valence-corrected chi connectivity index (χ1v) is 7.48. The van der Waals surface area contributed by atoms with E-state index in [1.165, 1.54) is 0 Å². The van der Waals surface area contributed by atoms with E-state index >= 15 is 0 Å². The van der Waals surface area contributed by atoms with Crippen LogP contribution in [0.15, 0.2) is 0 Å². The molecule has 0 radical (unpaired) electrons. The van der Waals surface area contributed by atoms with Crippen molar-refractivity contribution < 1.29 is 19.5 Å². The Labute approximate surface area is 125 Å². The summed E-state index contributed by atoms with van der Waals surface area (Å²) in [6.45, 7) is 4.97. The number of rotatable bonds is 7. The zero-order valence-electron chi connectivity index (χ0n) is 12.8. The number of likely N-dealkylation sites (N-methyl/N-ethyl adjacent to an activating group) is 1. The van der Waals surface area contributed by atoms with Gasteiger partial charge >= 0.3 is 12.0 Å². The van der Waals surface area contributed by atoms with Gasteiger partial charge in [-0.25, -0.2) is 4.79 Å². The second-order valence-electron chi connectivity index (χ2n) is 5.39. The fourth-order valence-corrected chi connectivity index (χ4v) is 2.67. The van der Waals surface area contributed by atoms with Crippen molar-refractivity contribution in [2.24, 2.45) is 5.41 Å². The van der Waals surface area contributed by atoms with E-state index < -0.39 is 17.4 Å². The van der Waals surface area contributed by atoms with Gasteiger partial charge in [0.25, 0.3) is 0 Å². The SMILES string of the molecule is CCN(CC)C(=O)CNC(=O)NCC1(C(=O)O)CCCC1. The standard InChI is InChI=1S/C14H25N3O4/c1-3-17(4-2)11(18)9-15-13(21)16-10-14(12(19)20)7-5-6-8-14/h3-10H2,1-2H3,(H,19,20)(H2,15,16,21). The normalized spacial score (nSPS) is 16.3. The number of hydrogen-bond donors (Lipinski definition) is 3. The molecule has 3 N–H and O–H groups in total. The van der Waals surface area contributed by atoms with Crippen LogP contribution in [-0.2, 0) is 9.59 Å². The lowest BCUT2D eigenvalue weighted by Crippen LogP contribution is -2.47. The minimum absolute atomic E-state index is 0.0758. The van der Waals surface area contributed by atoms with Gasteiger partial charge in [0.1, 0.15) is 0 Å². The number of hydrogen-bond acceptors (Lipinski definition) is 3. The van der Waals surface area contributed by atoms with Gasteiger partial charge in [0.2, 0.25) is 5.91 Å². The quantitative estimate of drug-likeness (QED) is 0.647. The highest BCUT2D eigenvalue weighted by Gasteiger charge is 2.41. The second kappa shape index (κ2) is 7.85. The van der Waals surface area contributed by atoms with Gasteiger partial charge in [-0.05, 0) is 26.7 Å². The molecule has 7 nitrogen and oxygen atoms in total. The van der Waals surface area contributed by atoms with Gasteiger partial charge in [-0.1, -0.05) is 12.8 Å². The first-order valence-electron chi connectivity index (χ1n) is 7.48. The summed E-state index contributed by atoms with van der Waals surface area (Å²) in [4.78, 5) is 36.4. The molecule has 0 aliphatic heterocycles. The number of carboxylic acid groups (broad SMARTS) is 1. The number of nitrogens with one attached hydrogen (secondary N) is 2. The lowest BCUT2D eigenvalue weighted by atomic mass is 9.86. The maximum atomic E-state index is 11.7. The molecule has 1 aliphatic rings. The van der Waals surface area contributed by atoms with Crippen LogP contribution in [0.3, 0.4) is 0 Å².